The summed E-state index contributed by atoms with van der Waals surface area (Å²) in [5.74, 6) is 0. The molecule has 0 fully saturated rings. The van der Waals surface area contributed by atoms with E-state index in [2.05, 4.69) is 10.6 Å². The molecule has 0 unspecified atom stereocenters. The molecule has 1 heterocycles. The Morgan fingerprint density at radius 3 is 2.62 bits per heavy atom. The second-order valence-corrected chi connectivity index (χ2v) is 4.22. The smallest absolute Gasteiger partial charge is 0.320 e. The van der Waals surface area contributed by atoms with E-state index >= 15 is 0 Å². The zero-order chi connectivity index (χ0) is 11.2. The van der Waals surface area contributed by atoms with Gasteiger partial charge in [0.25, 0.3) is 0 Å². The second-order valence-electron chi connectivity index (χ2n) is 3.27. The SMILES string of the molecule is O=C(NCc1ccccc1)Nc1cccs1. The zero-order valence-electron chi connectivity index (χ0n) is 8.64. The third-order valence-electron chi connectivity index (χ3n) is 2.05. The van der Waals surface area contributed by atoms with Crippen molar-refractivity contribution in [3.05, 3.63) is 53.4 Å². The maximum absolute atomic E-state index is 11.5. The molecule has 2 N–H and O–H groups in total. The number of amides is 2. The summed E-state index contributed by atoms with van der Waals surface area (Å²) in [6.45, 7) is 0.540. The number of nitrogens with one attached hydrogen (secondary N) is 2. The van der Waals surface area contributed by atoms with Gasteiger partial charge in [0, 0.05) is 6.54 Å². The van der Waals surface area contributed by atoms with Crippen LogP contribution in [0, 0.1) is 0 Å². The fraction of sp³-hybridized carbons (Fsp3) is 0.0833. The summed E-state index contributed by atoms with van der Waals surface area (Å²) in [7, 11) is 0. The van der Waals surface area contributed by atoms with Gasteiger partial charge < -0.3 is 5.32 Å². The van der Waals surface area contributed by atoms with Crippen LogP contribution in [-0.2, 0) is 6.54 Å². The molecule has 0 aliphatic carbocycles. The average molecular weight is 232 g/mol. The van der Waals surface area contributed by atoms with Gasteiger partial charge in [0.1, 0.15) is 0 Å². The van der Waals surface area contributed by atoms with Gasteiger partial charge >= 0.3 is 6.03 Å². The van der Waals surface area contributed by atoms with Crippen molar-refractivity contribution in [1.29, 1.82) is 0 Å². The normalized spacial score (nSPS) is 9.75. The van der Waals surface area contributed by atoms with Crippen molar-refractivity contribution in [1.82, 2.24) is 5.32 Å². The van der Waals surface area contributed by atoms with Crippen LogP contribution >= 0.6 is 11.3 Å². The molecule has 0 bridgehead atoms. The number of benzene rings is 1. The summed E-state index contributed by atoms with van der Waals surface area (Å²) in [6, 6.07) is 13.4. The Kier molecular flexibility index (Phi) is 3.56. The second kappa shape index (κ2) is 5.32. The zero-order valence-corrected chi connectivity index (χ0v) is 9.46. The number of urea groups is 1. The van der Waals surface area contributed by atoms with Crippen molar-refractivity contribution in [2.24, 2.45) is 0 Å². The lowest BCUT2D eigenvalue weighted by molar-refractivity contribution is 0.252. The topological polar surface area (TPSA) is 41.1 Å². The van der Waals surface area contributed by atoms with E-state index < -0.39 is 0 Å². The molecule has 16 heavy (non-hydrogen) atoms. The van der Waals surface area contributed by atoms with E-state index in [0.717, 1.165) is 10.6 Å². The van der Waals surface area contributed by atoms with Gasteiger partial charge in [-0.1, -0.05) is 30.3 Å². The standard InChI is InChI=1S/C12H12N2OS/c15-12(14-11-7-4-8-16-11)13-9-10-5-2-1-3-6-10/h1-8H,9H2,(H2,13,14,15). The number of hydrogen-bond donors (Lipinski definition) is 2. The van der Waals surface area contributed by atoms with Crippen LogP contribution in [0.4, 0.5) is 9.80 Å². The molecule has 2 rings (SSSR count). The van der Waals surface area contributed by atoms with Crippen LogP contribution in [0.1, 0.15) is 5.56 Å². The Morgan fingerprint density at radius 2 is 1.94 bits per heavy atom. The van der Waals surface area contributed by atoms with Crippen molar-refractivity contribution >= 4 is 22.4 Å². The quantitative estimate of drug-likeness (QED) is 0.839. The average Bonchev–Trinajstić information content (AvgIpc) is 2.81. The molecule has 0 spiro atoms. The Morgan fingerprint density at radius 1 is 1.12 bits per heavy atom. The van der Waals surface area contributed by atoms with Gasteiger partial charge in [-0.15, -0.1) is 11.3 Å². The molecule has 3 nitrogen and oxygen atoms in total. The van der Waals surface area contributed by atoms with Crippen molar-refractivity contribution in [3.63, 3.8) is 0 Å². The molecule has 4 heteroatoms. The molecule has 0 saturated carbocycles. The molecule has 1 aromatic heterocycles. The molecular formula is C12H12N2OS. The number of carbonyl (C=O) groups is 1. The monoisotopic (exact) mass is 232 g/mol. The lowest BCUT2D eigenvalue weighted by atomic mass is 10.2. The van der Waals surface area contributed by atoms with Gasteiger partial charge in [-0.05, 0) is 23.1 Å². The molecule has 0 atom stereocenters. The summed E-state index contributed by atoms with van der Waals surface area (Å²) in [6.07, 6.45) is 0. The highest BCUT2D eigenvalue weighted by Crippen LogP contribution is 2.14. The number of rotatable bonds is 3. The van der Waals surface area contributed by atoms with Crippen LogP contribution in [0.2, 0.25) is 0 Å². The van der Waals surface area contributed by atoms with Crippen LogP contribution in [-0.4, -0.2) is 6.03 Å². The van der Waals surface area contributed by atoms with E-state index in [9.17, 15) is 4.79 Å². The fourth-order valence-corrected chi connectivity index (χ4v) is 1.90. The first-order valence-electron chi connectivity index (χ1n) is 4.97. The van der Waals surface area contributed by atoms with Crippen LogP contribution < -0.4 is 10.6 Å². The highest BCUT2D eigenvalue weighted by molar-refractivity contribution is 7.14. The lowest BCUT2D eigenvalue weighted by Crippen LogP contribution is -2.27. The maximum Gasteiger partial charge on any atom is 0.320 e. The van der Waals surface area contributed by atoms with Gasteiger partial charge in [-0.2, -0.15) is 0 Å². The molecule has 0 saturated heterocycles. The number of hydrogen-bond acceptors (Lipinski definition) is 2. The fourth-order valence-electron chi connectivity index (χ4n) is 1.28. The van der Waals surface area contributed by atoms with E-state index in [0.29, 0.717) is 6.54 Å². The van der Waals surface area contributed by atoms with Gasteiger partial charge in [0.2, 0.25) is 0 Å². The molecule has 2 amide bonds. The van der Waals surface area contributed by atoms with E-state index in [1.807, 2.05) is 47.8 Å². The van der Waals surface area contributed by atoms with Crippen LogP contribution in [0.3, 0.4) is 0 Å². The number of anilines is 1. The third-order valence-corrected chi connectivity index (χ3v) is 2.84. The summed E-state index contributed by atoms with van der Waals surface area (Å²) in [4.78, 5) is 11.5. The molecule has 1 aromatic carbocycles. The molecule has 0 aliphatic rings. The number of thiophene rings is 1. The van der Waals surface area contributed by atoms with Gasteiger partial charge in [0.15, 0.2) is 0 Å². The van der Waals surface area contributed by atoms with Gasteiger partial charge in [0.05, 0.1) is 5.00 Å². The van der Waals surface area contributed by atoms with E-state index in [1.54, 1.807) is 0 Å². The van der Waals surface area contributed by atoms with Crippen molar-refractivity contribution in [2.75, 3.05) is 5.32 Å². The largest absolute Gasteiger partial charge is 0.334 e. The predicted octanol–water partition coefficient (Wildman–Crippen LogP) is 3.07. The van der Waals surface area contributed by atoms with Crippen LogP contribution in [0.15, 0.2) is 47.8 Å². The predicted molar refractivity (Wildman–Crippen MR) is 66.6 cm³/mol. The molecule has 82 valence electrons. The molecule has 0 aliphatic heterocycles. The highest BCUT2D eigenvalue weighted by atomic mass is 32.1. The van der Waals surface area contributed by atoms with Crippen molar-refractivity contribution in [2.45, 2.75) is 6.54 Å². The first kappa shape index (κ1) is 10.7. The first-order chi connectivity index (χ1) is 7.84. The minimum Gasteiger partial charge on any atom is -0.334 e. The van der Waals surface area contributed by atoms with Crippen molar-refractivity contribution < 1.29 is 4.79 Å². The van der Waals surface area contributed by atoms with E-state index in [4.69, 9.17) is 0 Å². The Balaban J connectivity index is 1.80. The van der Waals surface area contributed by atoms with Gasteiger partial charge in [-0.3, -0.25) is 5.32 Å². The Labute approximate surface area is 98.1 Å². The summed E-state index contributed by atoms with van der Waals surface area (Å²) < 4.78 is 0. The van der Waals surface area contributed by atoms with E-state index in [-0.39, 0.29) is 6.03 Å². The number of carbonyl (C=O) groups excluding carboxylic acids is 1. The minimum absolute atomic E-state index is 0.175. The highest BCUT2D eigenvalue weighted by Gasteiger charge is 2.01. The Hall–Kier alpha value is -1.81. The summed E-state index contributed by atoms with van der Waals surface area (Å²) >= 11 is 1.50. The van der Waals surface area contributed by atoms with E-state index in [1.165, 1.54) is 11.3 Å². The first-order valence-corrected chi connectivity index (χ1v) is 5.85. The van der Waals surface area contributed by atoms with Crippen LogP contribution in [0.25, 0.3) is 0 Å². The molecular weight excluding hydrogens is 220 g/mol. The Bertz CT molecular complexity index is 439. The lowest BCUT2D eigenvalue weighted by Gasteiger charge is -2.05. The molecule has 0 radical (unpaired) electrons. The van der Waals surface area contributed by atoms with Crippen molar-refractivity contribution in [3.8, 4) is 0 Å². The summed E-state index contributed by atoms with van der Waals surface area (Å²) in [5.41, 5.74) is 1.09. The minimum atomic E-state index is -0.175. The maximum atomic E-state index is 11.5. The van der Waals surface area contributed by atoms with Gasteiger partial charge in [-0.25, -0.2) is 4.79 Å². The van der Waals surface area contributed by atoms with Crippen LogP contribution in [0.5, 0.6) is 0 Å². The molecule has 2 aromatic rings. The summed E-state index contributed by atoms with van der Waals surface area (Å²) in [5, 5.41) is 8.33. The third kappa shape index (κ3) is 3.10.